The van der Waals surface area contributed by atoms with Gasteiger partial charge in [-0.25, -0.2) is 0 Å². The third-order valence-electron chi connectivity index (χ3n) is 2.43. The van der Waals surface area contributed by atoms with Crippen LogP contribution in [0.4, 0.5) is 0 Å². The van der Waals surface area contributed by atoms with Crippen molar-refractivity contribution in [2.24, 2.45) is 0 Å². The van der Waals surface area contributed by atoms with Gasteiger partial charge in [0.25, 0.3) is 0 Å². The summed E-state index contributed by atoms with van der Waals surface area (Å²) in [5.74, 6) is -0.607. The monoisotopic (exact) mass is 174 g/mol. The summed E-state index contributed by atoms with van der Waals surface area (Å²) in [6.07, 6.45) is -1.02. The van der Waals surface area contributed by atoms with Gasteiger partial charge in [-0.2, -0.15) is 0 Å². The molecule has 0 radical (unpaired) electrons. The maximum absolute atomic E-state index is 9.46. The van der Waals surface area contributed by atoms with Crippen LogP contribution in [0.2, 0.25) is 0 Å². The molecule has 2 saturated heterocycles. The molecule has 70 valence electrons. The van der Waals surface area contributed by atoms with Gasteiger partial charge in [0.2, 0.25) is 0 Å². The molecule has 2 aliphatic heterocycles. The zero-order valence-electron chi connectivity index (χ0n) is 7.53. The Bertz CT molecular complexity index is 203. The largest absolute Gasteiger partial charge is 0.366 e. The van der Waals surface area contributed by atoms with Gasteiger partial charge in [-0.3, -0.25) is 0 Å². The quantitative estimate of drug-likeness (QED) is 0.571. The minimum absolute atomic E-state index is 0.150. The number of rotatable bonds is 0. The Morgan fingerprint density at radius 3 is 2.58 bits per heavy atom. The summed E-state index contributed by atoms with van der Waals surface area (Å²) in [4.78, 5) is 0. The fourth-order valence-corrected chi connectivity index (χ4v) is 1.83. The van der Waals surface area contributed by atoms with E-state index in [2.05, 4.69) is 0 Å². The van der Waals surface area contributed by atoms with Gasteiger partial charge in [0, 0.05) is 0 Å². The maximum Gasteiger partial charge on any atom is 0.186 e. The van der Waals surface area contributed by atoms with Gasteiger partial charge in [-0.15, -0.1) is 0 Å². The second kappa shape index (κ2) is 2.20. The molecule has 0 spiro atoms. The Hall–Kier alpha value is -0.160. The molecule has 0 saturated carbocycles. The first-order valence-electron chi connectivity index (χ1n) is 4.12. The molecule has 3 unspecified atom stereocenters. The van der Waals surface area contributed by atoms with Crippen molar-refractivity contribution in [2.75, 3.05) is 6.61 Å². The second-order valence-electron chi connectivity index (χ2n) is 3.98. The summed E-state index contributed by atoms with van der Waals surface area (Å²) in [7, 11) is 0. The van der Waals surface area contributed by atoms with Crippen LogP contribution >= 0.6 is 0 Å². The predicted molar refractivity (Wildman–Crippen MR) is 40.4 cm³/mol. The molecule has 2 aliphatic rings. The molecule has 4 nitrogen and oxygen atoms in total. The molecule has 0 aromatic carbocycles. The highest BCUT2D eigenvalue weighted by Gasteiger charge is 2.59. The number of hydrogen-bond donors (Lipinski definition) is 1. The highest BCUT2D eigenvalue weighted by molar-refractivity contribution is 4.99. The van der Waals surface area contributed by atoms with Crippen molar-refractivity contribution in [2.45, 2.75) is 44.6 Å². The van der Waals surface area contributed by atoms with Crippen LogP contribution < -0.4 is 0 Å². The zero-order chi connectivity index (χ0) is 8.98. The Morgan fingerprint density at radius 2 is 2.00 bits per heavy atom. The van der Waals surface area contributed by atoms with E-state index in [0.717, 1.165) is 0 Å². The van der Waals surface area contributed by atoms with Gasteiger partial charge in [-0.1, -0.05) is 0 Å². The van der Waals surface area contributed by atoms with Crippen LogP contribution in [0.3, 0.4) is 0 Å². The third kappa shape index (κ3) is 0.992. The third-order valence-corrected chi connectivity index (χ3v) is 2.43. The lowest BCUT2D eigenvalue weighted by molar-refractivity contribution is -0.231. The van der Waals surface area contributed by atoms with E-state index >= 15 is 0 Å². The van der Waals surface area contributed by atoms with Gasteiger partial charge in [-0.05, 0) is 20.8 Å². The molecular weight excluding hydrogens is 160 g/mol. The molecule has 4 heteroatoms. The van der Waals surface area contributed by atoms with Crippen LogP contribution in [0, 0.1) is 0 Å². The van der Waals surface area contributed by atoms with Crippen LogP contribution in [-0.2, 0) is 14.2 Å². The number of aliphatic hydroxyl groups is 1. The van der Waals surface area contributed by atoms with Crippen molar-refractivity contribution >= 4 is 0 Å². The minimum Gasteiger partial charge on any atom is -0.366 e. The maximum atomic E-state index is 9.46. The summed E-state index contributed by atoms with van der Waals surface area (Å²) in [5, 5.41) is 9.46. The molecule has 0 amide bonds. The Balaban J connectivity index is 2.23. The van der Waals surface area contributed by atoms with E-state index in [4.69, 9.17) is 14.2 Å². The van der Waals surface area contributed by atoms with Crippen LogP contribution in [0.25, 0.3) is 0 Å². The Labute approximate surface area is 71.4 Å². The summed E-state index contributed by atoms with van der Waals surface area (Å²) in [5.41, 5.74) is -0.691. The van der Waals surface area contributed by atoms with Crippen molar-refractivity contribution in [3.8, 4) is 0 Å². The van der Waals surface area contributed by atoms with E-state index in [-0.39, 0.29) is 6.10 Å². The molecule has 0 aromatic heterocycles. The smallest absolute Gasteiger partial charge is 0.186 e. The Kier molecular flexibility index (Phi) is 1.55. The van der Waals surface area contributed by atoms with E-state index in [1.165, 1.54) is 0 Å². The molecule has 0 bridgehead atoms. The van der Waals surface area contributed by atoms with E-state index in [9.17, 15) is 5.11 Å². The molecule has 0 aliphatic carbocycles. The standard InChI is InChI=1S/C8H14O4/c1-7(2)11-5-4-10-6(9)8(5,3)12-7/h5-6,9H,4H2,1-3H3. The minimum atomic E-state index is -0.871. The van der Waals surface area contributed by atoms with Crippen molar-refractivity contribution in [3.05, 3.63) is 0 Å². The number of aliphatic hydroxyl groups excluding tert-OH is 1. The van der Waals surface area contributed by atoms with Crippen molar-refractivity contribution in [3.63, 3.8) is 0 Å². The first-order chi connectivity index (χ1) is 5.44. The van der Waals surface area contributed by atoms with Crippen molar-refractivity contribution in [1.82, 2.24) is 0 Å². The lowest BCUT2D eigenvalue weighted by atomic mass is 10.0. The molecule has 2 fully saturated rings. The highest BCUT2D eigenvalue weighted by Crippen LogP contribution is 2.42. The highest BCUT2D eigenvalue weighted by atomic mass is 16.8. The van der Waals surface area contributed by atoms with E-state index in [1.807, 2.05) is 20.8 Å². The molecule has 12 heavy (non-hydrogen) atoms. The topological polar surface area (TPSA) is 47.9 Å². The molecule has 3 atom stereocenters. The molecule has 1 N–H and O–H groups in total. The van der Waals surface area contributed by atoms with Gasteiger partial charge in [0.1, 0.15) is 11.7 Å². The van der Waals surface area contributed by atoms with E-state index in [1.54, 1.807) is 0 Å². The lowest BCUT2D eigenvalue weighted by Gasteiger charge is -2.25. The van der Waals surface area contributed by atoms with Crippen molar-refractivity contribution < 1.29 is 19.3 Å². The van der Waals surface area contributed by atoms with Crippen LogP contribution in [0.5, 0.6) is 0 Å². The first kappa shape index (κ1) is 8.44. The van der Waals surface area contributed by atoms with Gasteiger partial charge in [0.15, 0.2) is 12.1 Å². The average Bonchev–Trinajstić information content (AvgIpc) is 2.27. The van der Waals surface area contributed by atoms with Crippen molar-refractivity contribution in [1.29, 1.82) is 0 Å². The van der Waals surface area contributed by atoms with Crippen LogP contribution in [0.15, 0.2) is 0 Å². The number of fused-ring (bicyclic) bond motifs is 1. The normalized spacial score (nSPS) is 51.0. The van der Waals surface area contributed by atoms with Gasteiger partial charge >= 0.3 is 0 Å². The van der Waals surface area contributed by atoms with E-state index in [0.29, 0.717) is 6.61 Å². The average molecular weight is 174 g/mol. The molecular formula is C8H14O4. The van der Waals surface area contributed by atoms with Crippen LogP contribution in [-0.4, -0.2) is 35.5 Å². The number of hydrogen-bond acceptors (Lipinski definition) is 4. The fraction of sp³-hybridized carbons (Fsp3) is 1.00. The van der Waals surface area contributed by atoms with Crippen LogP contribution in [0.1, 0.15) is 20.8 Å². The summed E-state index contributed by atoms with van der Waals surface area (Å²) < 4.78 is 16.1. The summed E-state index contributed by atoms with van der Waals surface area (Å²) in [6.45, 7) is 5.89. The molecule has 0 aromatic rings. The lowest BCUT2D eigenvalue weighted by Crippen LogP contribution is -2.42. The number of ether oxygens (including phenoxy) is 3. The van der Waals surface area contributed by atoms with Gasteiger partial charge in [0.05, 0.1) is 6.61 Å². The molecule has 2 rings (SSSR count). The van der Waals surface area contributed by atoms with Gasteiger partial charge < -0.3 is 19.3 Å². The zero-order valence-corrected chi connectivity index (χ0v) is 7.53. The predicted octanol–water partition coefficient (Wildman–Crippen LogP) is 0.245. The first-order valence-corrected chi connectivity index (χ1v) is 4.12. The SMILES string of the molecule is CC1(C)OC2COC(O)C2(C)O1. The second-order valence-corrected chi connectivity index (χ2v) is 3.98. The Morgan fingerprint density at radius 1 is 1.33 bits per heavy atom. The van der Waals surface area contributed by atoms with E-state index < -0.39 is 17.7 Å². The summed E-state index contributed by atoms with van der Waals surface area (Å²) in [6, 6.07) is 0. The summed E-state index contributed by atoms with van der Waals surface area (Å²) >= 11 is 0. The molecule has 2 heterocycles. The fourth-order valence-electron chi connectivity index (χ4n) is 1.83.